The fourth-order valence-corrected chi connectivity index (χ4v) is 4.12. The van der Waals surface area contributed by atoms with Crippen LogP contribution in [0.1, 0.15) is 19.8 Å². The lowest BCUT2D eigenvalue weighted by Gasteiger charge is -2.07. The molecule has 0 N–H and O–H groups in total. The Balaban J connectivity index is 0.000000272. The molecule has 0 aliphatic carbocycles. The minimum absolute atomic E-state index is 0.226. The lowest BCUT2D eigenvalue weighted by Crippen LogP contribution is -2.21. The van der Waals surface area contributed by atoms with Crippen LogP contribution in [-0.2, 0) is 6.54 Å². The van der Waals surface area contributed by atoms with Gasteiger partial charge < -0.3 is 0 Å². The smallest absolute Gasteiger partial charge is 0.299 e. The molecule has 0 radical (unpaired) electrons. The summed E-state index contributed by atoms with van der Waals surface area (Å²) in [5, 5.41) is 0. The molecule has 2 aromatic carbocycles. The number of piperidine rings is 1. The molecular formula is C24H25N5O. The summed E-state index contributed by atoms with van der Waals surface area (Å²) in [6.45, 7) is 5.34. The van der Waals surface area contributed by atoms with Crippen molar-refractivity contribution in [2.75, 3.05) is 13.1 Å². The quantitative estimate of drug-likeness (QED) is 0.493. The number of hydrogen-bond donors (Lipinski definition) is 0. The van der Waals surface area contributed by atoms with Crippen molar-refractivity contribution in [2.45, 2.75) is 32.4 Å². The molecule has 2 aliphatic heterocycles. The molecule has 2 atom stereocenters. The van der Waals surface area contributed by atoms with Crippen LogP contribution in [0.25, 0.3) is 27.8 Å². The van der Waals surface area contributed by atoms with Crippen LogP contribution in [0.5, 0.6) is 0 Å². The van der Waals surface area contributed by atoms with Crippen molar-refractivity contribution in [3.63, 3.8) is 0 Å². The first-order valence-electron chi connectivity index (χ1n) is 10.6. The third kappa shape index (κ3) is 3.66. The molecule has 30 heavy (non-hydrogen) atoms. The molecule has 6 heteroatoms. The lowest BCUT2D eigenvalue weighted by molar-refractivity contribution is 0.593. The van der Waals surface area contributed by atoms with E-state index in [4.69, 9.17) is 0 Å². The maximum Gasteiger partial charge on any atom is 0.347 e. The minimum atomic E-state index is -0.226. The van der Waals surface area contributed by atoms with Gasteiger partial charge in [-0.15, -0.1) is 0 Å². The zero-order chi connectivity index (χ0) is 20.5. The van der Waals surface area contributed by atoms with E-state index in [0.29, 0.717) is 6.54 Å². The van der Waals surface area contributed by atoms with Crippen molar-refractivity contribution in [1.82, 2.24) is 24.0 Å². The van der Waals surface area contributed by atoms with E-state index in [2.05, 4.69) is 31.6 Å². The van der Waals surface area contributed by atoms with Gasteiger partial charge in [0, 0.05) is 42.8 Å². The van der Waals surface area contributed by atoms with Gasteiger partial charge in [-0.2, -0.15) is 0 Å². The Morgan fingerprint density at radius 3 is 2.60 bits per heavy atom. The summed E-state index contributed by atoms with van der Waals surface area (Å²) < 4.78 is 3.66. The summed E-state index contributed by atoms with van der Waals surface area (Å²) in [5.41, 5.74) is 4.71. The van der Waals surface area contributed by atoms with Gasteiger partial charge >= 0.3 is 5.69 Å². The summed E-state index contributed by atoms with van der Waals surface area (Å²) in [5.74, 6) is 0. The van der Waals surface area contributed by atoms with Crippen LogP contribution in [-0.4, -0.2) is 43.1 Å². The number of fused-ring (bicyclic) bond motifs is 2. The fourth-order valence-electron chi connectivity index (χ4n) is 4.12. The van der Waals surface area contributed by atoms with Crippen molar-refractivity contribution >= 4 is 11.0 Å². The highest BCUT2D eigenvalue weighted by Crippen LogP contribution is 2.29. The van der Waals surface area contributed by atoms with Gasteiger partial charge in [0.2, 0.25) is 0 Å². The van der Waals surface area contributed by atoms with E-state index in [9.17, 15) is 4.79 Å². The molecular weight excluding hydrogens is 374 g/mol. The second-order valence-electron chi connectivity index (χ2n) is 7.86. The molecule has 2 aromatic heterocycles. The minimum Gasteiger partial charge on any atom is -0.299 e. The molecule has 6 rings (SSSR count). The highest BCUT2D eigenvalue weighted by molar-refractivity contribution is 5.83. The molecule has 6 nitrogen and oxygen atoms in total. The second kappa shape index (κ2) is 7.88. The first-order chi connectivity index (χ1) is 14.7. The van der Waals surface area contributed by atoms with Crippen molar-refractivity contribution in [1.29, 1.82) is 0 Å². The Kier molecular flexibility index (Phi) is 4.93. The van der Waals surface area contributed by atoms with E-state index in [1.54, 1.807) is 10.8 Å². The summed E-state index contributed by atoms with van der Waals surface area (Å²) in [6, 6.07) is 17.3. The van der Waals surface area contributed by atoms with Gasteiger partial charge in [0.25, 0.3) is 0 Å². The van der Waals surface area contributed by atoms with Gasteiger partial charge in [-0.25, -0.2) is 14.8 Å². The zero-order valence-electron chi connectivity index (χ0n) is 17.1. The third-order valence-electron chi connectivity index (χ3n) is 5.92. The predicted octanol–water partition coefficient (Wildman–Crippen LogP) is 3.73. The van der Waals surface area contributed by atoms with E-state index in [0.717, 1.165) is 33.9 Å². The second-order valence-corrected chi connectivity index (χ2v) is 7.86. The SMILES string of the molecule is C1CC2CN2C1.CCn1cc(-c2ccc3c(c2)ncn3-c2ccccc2)cnc1=O. The van der Waals surface area contributed by atoms with Crippen LogP contribution in [0, 0.1) is 0 Å². The molecule has 0 amide bonds. The highest BCUT2D eigenvalue weighted by atomic mass is 16.1. The van der Waals surface area contributed by atoms with Gasteiger partial charge in [-0.3, -0.25) is 14.0 Å². The van der Waals surface area contributed by atoms with Crippen LogP contribution < -0.4 is 5.69 Å². The predicted molar refractivity (Wildman–Crippen MR) is 119 cm³/mol. The van der Waals surface area contributed by atoms with Gasteiger partial charge in [-0.1, -0.05) is 24.3 Å². The largest absolute Gasteiger partial charge is 0.347 e. The molecule has 2 fully saturated rings. The van der Waals surface area contributed by atoms with Crippen molar-refractivity contribution in [3.8, 4) is 16.8 Å². The Morgan fingerprint density at radius 2 is 1.93 bits per heavy atom. The van der Waals surface area contributed by atoms with Crippen LogP contribution >= 0.6 is 0 Å². The first kappa shape index (κ1) is 18.8. The van der Waals surface area contributed by atoms with Crippen LogP contribution in [0.4, 0.5) is 0 Å². The molecule has 0 saturated carbocycles. The standard InChI is InChI=1S/C19H16N4O.C5H9N/c1-2-22-12-15(11-20-19(22)24)14-8-9-18-17(10-14)21-13-23(18)16-6-4-3-5-7-16;1-2-5-4-6(5)3-1/h3-13H,2H2,1H3;5H,1-4H2. The van der Waals surface area contributed by atoms with Crippen molar-refractivity contribution < 1.29 is 0 Å². The summed E-state index contributed by atoms with van der Waals surface area (Å²) in [6.07, 6.45) is 8.23. The van der Waals surface area contributed by atoms with E-state index in [-0.39, 0.29) is 5.69 Å². The summed E-state index contributed by atoms with van der Waals surface area (Å²) in [7, 11) is 0. The average Bonchev–Trinajstić information content (AvgIpc) is 3.19. The van der Waals surface area contributed by atoms with Gasteiger partial charge in [0.1, 0.15) is 6.33 Å². The maximum atomic E-state index is 11.6. The van der Waals surface area contributed by atoms with E-state index in [1.165, 1.54) is 25.9 Å². The number of imidazole rings is 1. The summed E-state index contributed by atoms with van der Waals surface area (Å²) in [4.78, 5) is 22.6. The molecule has 4 heterocycles. The molecule has 0 bridgehead atoms. The number of benzene rings is 2. The van der Waals surface area contributed by atoms with E-state index >= 15 is 0 Å². The van der Waals surface area contributed by atoms with Crippen molar-refractivity contribution in [3.05, 3.63) is 77.7 Å². The number of nitrogens with zero attached hydrogens (tertiary/aromatic N) is 5. The molecule has 2 saturated heterocycles. The molecule has 0 spiro atoms. The fraction of sp³-hybridized carbons (Fsp3) is 0.292. The van der Waals surface area contributed by atoms with Crippen LogP contribution in [0.2, 0.25) is 0 Å². The average molecular weight is 399 g/mol. The Labute approximate surface area is 175 Å². The van der Waals surface area contributed by atoms with E-state index in [1.807, 2.05) is 55.8 Å². The van der Waals surface area contributed by atoms with Gasteiger partial charge in [0.05, 0.1) is 11.0 Å². The molecule has 152 valence electrons. The number of hydrogen-bond acceptors (Lipinski definition) is 4. The Hall–Kier alpha value is -3.25. The Bertz CT molecular complexity index is 1220. The Morgan fingerprint density at radius 1 is 1.07 bits per heavy atom. The van der Waals surface area contributed by atoms with Crippen LogP contribution in [0.3, 0.4) is 0 Å². The maximum absolute atomic E-state index is 11.6. The van der Waals surface area contributed by atoms with E-state index < -0.39 is 0 Å². The van der Waals surface area contributed by atoms with Crippen molar-refractivity contribution in [2.24, 2.45) is 0 Å². The topological polar surface area (TPSA) is 55.7 Å². The number of para-hydroxylation sites is 1. The number of aryl methyl sites for hydroxylation is 1. The monoisotopic (exact) mass is 399 g/mol. The van der Waals surface area contributed by atoms with Gasteiger partial charge in [-0.05, 0) is 56.1 Å². The molecule has 2 unspecified atom stereocenters. The van der Waals surface area contributed by atoms with Crippen LogP contribution in [0.15, 0.2) is 72.0 Å². The number of aromatic nitrogens is 4. The highest BCUT2D eigenvalue weighted by Gasteiger charge is 2.37. The number of rotatable bonds is 3. The lowest BCUT2D eigenvalue weighted by atomic mass is 10.1. The zero-order valence-corrected chi connectivity index (χ0v) is 17.1. The third-order valence-corrected chi connectivity index (χ3v) is 5.92. The molecule has 2 aliphatic rings. The summed E-state index contributed by atoms with van der Waals surface area (Å²) >= 11 is 0. The normalized spacial score (nSPS) is 19.2. The first-order valence-corrected chi connectivity index (χ1v) is 10.6. The molecule has 4 aromatic rings. The van der Waals surface area contributed by atoms with Gasteiger partial charge in [0.15, 0.2) is 0 Å².